The first-order valence-corrected chi connectivity index (χ1v) is 15.1. The number of carbonyl (C=O) groups is 4. The minimum absolute atomic E-state index is 0.0216. The Bertz CT molecular complexity index is 1250. The lowest BCUT2D eigenvalue weighted by atomic mass is 9.92. The quantitative estimate of drug-likeness (QED) is 0.415. The summed E-state index contributed by atoms with van der Waals surface area (Å²) >= 11 is 0. The zero-order valence-corrected chi connectivity index (χ0v) is 22.9. The van der Waals surface area contributed by atoms with E-state index in [2.05, 4.69) is 16.0 Å². The fraction of sp³-hybridized carbons (Fsp3) is 0.556. The van der Waals surface area contributed by atoms with Crippen LogP contribution in [0.4, 0.5) is 4.39 Å². The fourth-order valence-corrected chi connectivity index (χ4v) is 6.48. The molecule has 1 aromatic carbocycles. The van der Waals surface area contributed by atoms with Crippen molar-refractivity contribution in [1.29, 1.82) is 0 Å². The van der Waals surface area contributed by atoms with Gasteiger partial charge >= 0.3 is 0 Å². The summed E-state index contributed by atoms with van der Waals surface area (Å²) in [5.41, 5.74) is 0.581. The summed E-state index contributed by atoms with van der Waals surface area (Å²) in [6, 6.07) is 5.83. The smallest absolute Gasteiger partial charge is 0.250 e. The summed E-state index contributed by atoms with van der Waals surface area (Å²) in [5, 5.41) is 6.75. The summed E-state index contributed by atoms with van der Waals surface area (Å²) < 4.78 is 38.1. The highest BCUT2D eigenvalue weighted by atomic mass is 32.2. The van der Waals surface area contributed by atoms with Gasteiger partial charge in [-0.2, -0.15) is 4.39 Å². The molecule has 2 saturated heterocycles. The number of carbonyl (C=O) groups excluding carboxylic acids is 4. The molecule has 2 aliphatic heterocycles. The van der Waals surface area contributed by atoms with Crippen molar-refractivity contribution < 1.29 is 32.0 Å². The van der Waals surface area contributed by atoms with Crippen LogP contribution in [0.15, 0.2) is 41.6 Å². The first-order chi connectivity index (χ1) is 18.5. The molecule has 4 rings (SSSR count). The summed E-state index contributed by atoms with van der Waals surface area (Å²) in [6.45, 7) is 2.10. The van der Waals surface area contributed by atoms with Crippen LogP contribution in [0.1, 0.15) is 50.6 Å². The molecule has 4 amide bonds. The van der Waals surface area contributed by atoms with E-state index in [1.165, 1.54) is 11.8 Å². The number of hydrogen-bond acceptors (Lipinski definition) is 6. The minimum atomic E-state index is -4.15. The molecule has 0 aromatic heterocycles. The van der Waals surface area contributed by atoms with Gasteiger partial charge in [0.25, 0.3) is 5.91 Å². The lowest BCUT2D eigenvalue weighted by Crippen LogP contribution is -2.53. The largest absolute Gasteiger partial charge is 0.356 e. The molecule has 2 heterocycles. The molecular weight excluding hydrogens is 527 g/mol. The second-order valence-corrected chi connectivity index (χ2v) is 12.6. The third kappa shape index (κ3) is 6.66. The van der Waals surface area contributed by atoms with E-state index in [1.54, 1.807) is 30.3 Å². The van der Waals surface area contributed by atoms with Gasteiger partial charge in [0.2, 0.25) is 32.7 Å². The van der Waals surface area contributed by atoms with Crippen molar-refractivity contribution in [3.8, 4) is 0 Å². The monoisotopic (exact) mass is 562 g/mol. The van der Waals surface area contributed by atoms with Crippen LogP contribution in [0.25, 0.3) is 0 Å². The van der Waals surface area contributed by atoms with E-state index in [0.717, 1.165) is 31.6 Å². The Hall–Kier alpha value is -3.28. The molecular formula is C27H35FN4O6S. The van der Waals surface area contributed by atoms with Gasteiger partial charge in [0, 0.05) is 32.2 Å². The van der Waals surface area contributed by atoms with Gasteiger partial charge in [0.05, 0.1) is 6.04 Å². The van der Waals surface area contributed by atoms with E-state index in [9.17, 15) is 32.0 Å². The molecule has 6 atom stereocenters. The van der Waals surface area contributed by atoms with Crippen LogP contribution in [0, 0.1) is 17.8 Å². The first kappa shape index (κ1) is 28.7. The fourth-order valence-electron chi connectivity index (χ4n) is 6.07. The van der Waals surface area contributed by atoms with E-state index in [-0.39, 0.29) is 24.2 Å². The van der Waals surface area contributed by atoms with E-state index in [0.29, 0.717) is 25.1 Å². The average Bonchev–Trinajstić information content (AvgIpc) is 3.58. The van der Waals surface area contributed by atoms with Crippen LogP contribution >= 0.6 is 0 Å². The van der Waals surface area contributed by atoms with Crippen molar-refractivity contribution in [3.05, 3.63) is 47.1 Å². The van der Waals surface area contributed by atoms with Crippen LogP contribution in [0.3, 0.4) is 0 Å². The van der Waals surface area contributed by atoms with Crippen molar-refractivity contribution in [1.82, 2.24) is 20.9 Å². The molecule has 12 heteroatoms. The van der Waals surface area contributed by atoms with Gasteiger partial charge in [-0.1, -0.05) is 36.8 Å². The lowest BCUT2D eigenvalue weighted by molar-refractivity contribution is -0.142. The number of amides is 4. The van der Waals surface area contributed by atoms with Crippen LogP contribution in [0.5, 0.6) is 0 Å². The molecule has 3 aliphatic rings. The molecule has 39 heavy (non-hydrogen) atoms. The maximum Gasteiger partial charge on any atom is 0.250 e. The number of sulfone groups is 1. The lowest BCUT2D eigenvalue weighted by Gasteiger charge is -2.32. The standard InChI is InChI=1S/C27H35FN4O6S/c1-16(33)30-23(17-7-4-3-5-8-17)27(36)32-15-19-9-6-10-21(19)24(32)26(35)31-20(14-22(28)39(2,37)38)13-18-11-12-29-25(18)34/h3-5,7-8,14,18-21,23-24H,6,9-13,15H2,1-2H3,(H,29,34)(H,30,33)(H,31,35)/b22-14-/t18-,19+,20+,21+,23+,24-/m0/s1. The number of fused-ring (bicyclic) bond motifs is 1. The number of rotatable bonds is 9. The number of benzene rings is 1. The SMILES string of the molecule is CC(=O)N[C@@H](C(=O)N1C[C@H]2CCC[C@H]2[C@H]1C(=O)N[C@@H](/C=C(/F)S(C)(=O)=O)C[C@@H]1CCNC1=O)c1ccccc1. The molecule has 212 valence electrons. The van der Waals surface area contributed by atoms with E-state index >= 15 is 0 Å². The highest BCUT2D eigenvalue weighted by Gasteiger charge is 2.51. The molecule has 0 bridgehead atoms. The third-order valence-corrected chi connectivity index (χ3v) is 8.73. The summed E-state index contributed by atoms with van der Waals surface area (Å²) in [5.74, 6) is -2.13. The van der Waals surface area contributed by atoms with Crippen molar-refractivity contribution in [2.75, 3.05) is 19.3 Å². The Labute approximate surface area is 227 Å². The van der Waals surface area contributed by atoms with Gasteiger partial charge in [-0.05, 0) is 49.2 Å². The zero-order chi connectivity index (χ0) is 28.3. The summed E-state index contributed by atoms with van der Waals surface area (Å²) in [4.78, 5) is 53.3. The molecule has 3 N–H and O–H groups in total. The maximum atomic E-state index is 14.5. The number of halogens is 1. The van der Waals surface area contributed by atoms with Crippen molar-refractivity contribution >= 4 is 33.5 Å². The average molecular weight is 563 g/mol. The highest BCUT2D eigenvalue weighted by Crippen LogP contribution is 2.43. The van der Waals surface area contributed by atoms with Gasteiger partial charge in [-0.3, -0.25) is 19.2 Å². The van der Waals surface area contributed by atoms with Crippen LogP contribution in [0.2, 0.25) is 0 Å². The van der Waals surface area contributed by atoms with E-state index < -0.39 is 56.8 Å². The van der Waals surface area contributed by atoms with Gasteiger partial charge in [0.1, 0.15) is 12.1 Å². The zero-order valence-electron chi connectivity index (χ0n) is 22.1. The van der Waals surface area contributed by atoms with Gasteiger partial charge in [-0.15, -0.1) is 0 Å². The number of nitrogens with zero attached hydrogens (tertiary/aromatic N) is 1. The Morgan fingerprint density at radius 2 is 1.87 bits per heavy atom. The van der Waals surface area contributed by atoms with Crippen molar-refractivity contribution in [3.63, 3.8) is 0 Å². The molecule has 0 radical (unpaired) electrons. The second kappa shape index (κ2) is 11.8. The molecule has 1 aliphatic carbocycles. The Morgan fingerprint density at radius 3 is 2.49 bits per heavy atom. The van der Waals surface area contributed by atoms with Crippen molar-refractivity contribution in [2.24, 2.45) is 17.8 Å². The molecule has 0 unspecified atom stereocenters. The van der Waals surface area contributed by atoms with Gasteiger partial charge in [-0.25, -0.2) is 8.42 Å². The van der Waals surface area contributed by atoms with Crippen molar-refractivity contribution in [2.45, 2.75) is 57.2 Å². The molecule has 0 spiro atoms. The Balaban J connectivity index is 1.62. The Morgan fingerprint density at radius 1 is 1.15 bits per heavy atom. The third-order valence-electron chi connectivity index (χ3n) is 7.88. The second-order valence-electron chi connectivity index (χ2n) is 10.7. The highest BCUT2D eigenvalue weighted by molar-refractivity contribution is 7.94. The number of likely N-dealkylation sites (tertiary alicyclic amines) is 1. The van der Waals surface area contributed by atoms with E-state index in [4.69, 9.17) is 0 Å². The molecule has 3 fully saturated rings. The van der Waals surface area contributed by atoms with Crippen LogP contribution in [-0.2, 0) is 29.0 Å². The van der Waals surface area contributed by atoms with Crippen LogP contribution < -0.4 is 16.0 Å². The number of nitrogens with one attached hydrogen (secondary N) is 3. The Kier molecular flexibility index (Phi) is 8.73. The van der Waals surface area contributed by atoms with E-state index in [1.807, 2.05) is 0 Å². The maximum absolute atomic E-state index is 14.5. The molecule has 1 aromatic rings. The summed E-state index contributed by atoms with van der Waals surface area (Å²) in [6.07, 6.45) is 4.54. The first-order valence-electron chi connectivity index (χ1n) is 13.2. The van der Waals surface area contributed by atoms with Crippen LogP contribution in [-0.4, -0.2) is 68.4 Å². The van der Waals surface area contributed by atoms with Gasteiger partial charge in [0.15, 0.2) is 0 Å². The topological polar surface area (TPSA) is 142 Å². The summed E-state index contributed by atoms with van der Waals surface area (Å²) in [7, 11) is -4.15. The van der Waals surface area contributed by atoms with Gasteiger partial charge < -0.3 is 20.9 Å². The minimum Gasteiger partial charge on any atom is -0.356 e. The number of hydrogen-bond donors (Lipinski definition) is 3. The molecule has 10 nitrogen and oxygen atoms in total. The predicted molar refractivity (Wildman–Crippen MR) is 141 cm³/mol. The normalized spacial score (nSPS) is 26.5. The molecule has 1 saturated carbocycles. The predicted octanol–water partition coefficient (Wildman–Crippen LogP) is 1.36.